The third-order valence-electron chi connectivity index (χ3n) is 2.18. The Morgan fingerprint density at radius 1 is 1.23 bits per heavy atom. The molecule has 0 spiro atoms. The van der Waals surface area contributed by atoms with Gasteiger partial charge in [0.1, 0.15) is 0 Å². The van der Waals surface area contributed by atoms with E-state index in [9.17, 15) is 0 Å². The van der Waals surface area contributed by atoms with Crippen LogP contribution in [-0.4, -0.2) is 23.2 Å². The monoisotopic (exact) mass is 177 g/mol. The Morgan fingerprint density at radius 3 is 2.54 bits per heavy atom. The van der Waals surface area contributed by atoms with Gasteiger partial charge in [-0.15, -0.1) is 0 Å². The number of hydrogen-bond acceptors (Lipinski definition) is 3. The van der Waals surface area contributed by atoms with Crippen LogP contribution in [0, 0.1) is 0 Å². The number of rotatable bonds is 3. The van der Waals surface area contributed by atoms with Crippen LogP contribution in [0.5, 0.6) is 0 Å². The molecule has 1 saturated carbocycles. The van der Waals surface area contributed by atoms with E-state index in [1.807, 2.05) is 12.1 Å². The van der Waals surface area contributed by atoms with Gasteiger partial charge in [0.15, 0.2) is 0 Å². The van der Waals surface area contributed by atoms with Gasteiger partial charge >= 0.3 is 7.12 Å². The van der Waals surface area contributed by atoms with Crippen molar-refractivity contribution in [2.24, 2.45) is 0 Å². The molecule has 0 saturated heterocycles. The maximum atomic E-state index is 9.05. The van der Waals surface area contributed by atoms with Gasteiger partial charge < -0.3 is 15.4 Å². The SMILES string of the molecule is OB(O)c1ccccc1NC1CC1. The largest absolute Gasteiger partial charge is 0.490 e. The maximum Gasteiger partial charge on any atom is 0.490 e. The summed E-state index contributed by atoms with van der Waals surface area (Å²) in [6.45, 7) is 0. The van der Waals surface area contributed by atoms with Crippen LogP contribution in [0.2, 0.25) is 0 Å². The first-order valence-corrected chi connectivity index (χ1v) is 4.49. The quantitative estimate of drug-likeness (QED) is 0.567. The second-order valence-corrected chi connectivity index (χ2v) is 3.38. The number of hydrogen-bond donors (Lipinski definition) is 3. The van der Waals surface area contributed by atoms with Gasteiger partial charge in [0, 0.05) is 17.2 Å². The highest BCUT2D eigenvalue weighted by Crippen LogP contribution is 2.23. The van der Waals surface area contributed by atoms with Crippen LogP contribution in [-0.2, 0) is 0 Å². The molecule has 0 radical (unpaired) electrons. The minimum Gasteiger partial charge on any atom is -0.423 e. The highest BCUT2D eigenvalue weighted by Gasteiger charge is 2.23. The Hall–Kier alpha value is -0.995. The van der Waals surface area contributed by atoms with E-state index in [1.165, 1.54) is 12.8 Å². The smallest absolute Gasteiger partial charge is 0.423 e. The Bertz CT molecular complexity index is 299. The molecule has 1 aromatic carbocycles. The Morgan fingerprint density at radius 2 is 1.92 bits per heavy atom. The topological polar surface area (TPSA) is 52.5 Å². The van der Waals surface area contributed by atoms with Crippen molar-refractivity contribution in [2.75, 3.05) is 5.32 Å². The van der Waals surface area contributed by atoms with Gasteiger partial charge in [0.05, 0.1) is 0 Å². The second-order valence-electron chi connectivity index (χ2n) is 3.38. The van der Waals surface area contributed by atoms with Gasteiger partial charge in [-0.25, -0.2) is 0 Å². The fraction of sp³-hybridized carbons (Fsp3) is 0.333. The molecule has 0 aliphatic heterocycles. The van der Waals surface area contributed by atoms with Crippen molar-refractivity contribution < 1.29 is 10.0 Å². The number of benzene rings is 1. The molecule has 0 atom stereocenters. The van der Waals surface area contributed by atoms with Crippen molar-refractivity contribution in [1.82, 2.24) is 0 Å². The van der Waals surface area contributed by atoms with E-state index in [2.05, 4.69) is 5.32 Å². The zero-order valence-corrected chi connectivity index (χ0v) is 7.27. The lowest BCUT2D eigenvalue weighted by molar-refractivity contribution is 0.426. The maximum absolute atomic E-state index is 9.05. The van der Waals surface area contributed by atoms with Crippen LogP contribution < -0.4 is 10.8 Å². The second kappa shape index (κ2) is 3.40. The first-order valence-electron chi connectivity index (χ1n) is 4.49. The summed E-state index contributed by atoms with van der Waals surface area (Å²) in [5, 5.41) is 21.4. The number of anilines is 1. The van der Waals surface area contributed by atoms with E-state index in [1.54, 1.807) is 12.1 Å². The molecular weight excluding hydrogens is 165 g/mol. The van der Waals surface area contributed by atoms with Crippen LogP contribution in [0.15, 0.2) is 24.3 Å². The van der Waals surface area contributed by atoms with Gasteiger partial charge in [0.25, 0.3) is 0 Å². The van der Waals surface area contributed by atoms with Crippen molar-refractivity contribution in [3.63, 3.8) is 0 Å². The molecule has 1 aliphatic rings. The summed E-state index contributed by atoms with van der Waals surface area (Å²) in [4.78, 5) is 0. The zero-order chi connectivity index (χ0) is 9.26. The van der Waals surface area contributed by atoms with Crippen molar-refractivity contribution in [3.8, 4) is 0 Å². The average molecular weight is 177 g/mol. The number of para-hydroxylation sites is 1. The molecule has 3 nitrogen and oxygen atoms in total. The lowest BCUT2D eigenvalue weighted by Gasteiger charge is -2.09. The lowest BCUT2D eigenvalue weighted by Crippen LogP contribution is -2.32. The average Bonchev–Trinajstić information content (AvgIpc) is 2.89. The number of nitrogens with one attached hydrogen (secondary N) is 1. The molecule has 68 valence electrons. The summed E-state index contributed by atoms with van der Waals surface area (Å²) in [7, 11) is -1.39. The Kier molecular flexibility index (Phi) is 2.25. The van der Waals surface area contributed by atoms with E-state index < -0.39 is 7.12 Å². The molecule has 0 heterocycles. The first kappa shape index (κ1) is 8.60. The molecule has 0 bridgehead atoms. The predicted octanol–water partition coefficient (Wildman–Crippen LogP) is -0.0593. The van der Waals surface area contributed by atoms with Crippen LogP contribution >= 0.6 is 0 Å². The van der Waals surface area contributed by atoms with Crippen molar-refractivity contribution in [2.45, 2.75) is 18.9 Å². The molecule has 1 fully saturated rings. The Labute approximate surface area is 77.6 Å². The van der Waals surface area contributed by atoms with Gasteiger partial charge in [-0.1, -0.05) is 18.2 Å². The standard InChI is InChI=1S/C9H12BNO2/c12-10(13)8-3-1-2-4-9(8)11-7-5-6-7/h1-4,7,11-13H,5-6H2. The summed E-state index contributed by atoms with van der Waals surface area (Å²) >= 11 is 0. The predicted molar refractivity (Wildman–Crippen MR) is 52.9 cm³/mol. The zero-order valence-electron chi connectivity index (χ0n) is 7.27. The molecule has 4 heteroatoms. The third kappa shape index (κ3) is 2.02. The van der Waals surface area contributed by atoms with Gasteiger partial charge in [-0.3, -0.25) is 0 Å². The van der Waals surface area contributed by atoms with Crippen molar-refractivity contribution in [3.05, 3.63) is 24.3 Å². The van der Waals surface area contributed by atoms with Crippen LogP contribution in [0.4, 0.5) is 5.69 Å². The summed E-state index contributed by atoms with van der Waals surface area (Å²) in [5.74, 6) is 0. The van der Waals surface area contributed by atoms with E-state index in [4.69, 9.17) is 10.0 Å². The van der Waals surface area contributed by atoms with Gasteiger partial charge in [0.2, 0.25) is 0 Å². The van der Waals surface area contributed by atoms with Gasteiger partial charge in [-0.2, -0.15) is 0 Å². The third-order valence-corrected chi connectivity index (χ3v) is 2.18. The van der Waals surface area contributed by atoms with E-state index in [-0.39, 0.29) is 0 Å². The summed E-state index contributed by atoms with van der Waals surface area (Å²) in [5.41, 5.74) is 1.38. The lowest BCUT2D eigenvalue weighted by atomic mass is 9.79. The van der Waals surface area contributed by atoms with Crippen LogP contribution in [0.3, 0.4) is 0 Å². The normalized spacial score (nSPS) is 15.5. The highest BCUT2D eigenvalue weighted by atomic mass is 16.4. The molecule has 3 N–H and O–H groups in total. The van der Waals surface area contributed by atoms with Gasteiger partial charge in [-0.05, 0) is 18.9 Å². The Balaban J connectivity index is 2.20. The van der Waals surface area contributed by atoms with Crippen LogP contribution in [0.25, 0.3) is 0 Å². The van der Waals surface area contributed by atoms with Crippen molar-refractivity contribution in [1.29, 1.82) is 0 Å². The fourth-order valence-corrected chi connectivity index (χ4v) is 1.30. The minimum absolute atomic E-state index is 0.528. The molecular formula is C9H12BNO2. The van der Waals surface area contributed by atoms with E-state index in [0.29, 0.717) is 11.5 Å². The molecule has 1 aromatic rings. The summed E-state index contributed by atoms with van der Waals surface area (Å²) in [6.07, 6.45) is 2.35. The molecule has 0 unspecified atom stereocenters. The van der Waals surface area contributed by atoms with E-state index >= 15 is 0 Å². The van der Waals surface area contributed by atoms with Crippen LogP contribution in [0.1, 0.15) is 12.8 Å². The molecule has 0 aromatic heterocycles. The highest BCUT2D eigenvalue weighted by molar-refractivity contribution is 6.60. The molecule has 13 heavy (non-hydrogen) atoms. The van der Waals surface area contributed by atoms with Crippen molar-refractivity contribution >= 4 is 18.3 Å². The van der Waals surface area contributed by atoms with E-state index in [0.717, 1.165) is 5.69 Å². The first-order chi connectivity index (χ1) is 6.27. The summed E-state index contributed by atoms with van der Waals surface area (Å²) in [6, 6.07) is 7.80. The molecule has 0 amide bonds. The molecule has 1 aliphatic carbocycles. The minimum atomic E-state index is -1.39. The molecule has 2 rings (SSSR count). The summed E-state index contributed by atoms with van der Waals surface area (Å²) < 4.78 is 0. The fourth-order valence-electron chi connectivity index (χ4n) is 1.30.